The highest BCUT2D eigenvalue weighted by Crippen LogP contribution is 2.00. The Morgan fingerprint density at radius 1 is 1.73 bits per heavy atom. The largest absolute Gasteiger partial charge is 0.319 e. The third kappa shape index (κ3) is 4.58. The second-order valence-corrected chi connectivity index (χ2v) is 2.63. The molecule has 1 atom stereocenters. The molecule has 0 aliphatic carbocycles. The zero-order valence-electron chi connectivity index (χ0n) is 7.18. The number of nitrogens with one attached hydrogen (secondary N) is 1. The fourth-order valence-corrected chi connectivity index (χ4v) is 0.862. The van der Waals surface area contributed by atoms with Crippen molar-refractivity contribution in [3.8, 4) is 12.3 Å². The molecule has 0 fully saturated rings. The molecule has 0 aromatic rings. The Morgan fingerprint density at radius 3 is 2.82 bits per heavy atom. The predicted octanol–water partition coefficient (Wildman–Crippen LogP) is 0.824. The number of rotatable bonds is 5. The Morgan fingerprint density at radius 2 is 2.36 bits per heavy atom. The van der Waals surface area contributed by atoms with Gasteiger partial charge in [-0.15, -0.1) is 12.3 Å². The second kappa shape index (κ2) is 5.94. The molecule has 1 N–H and O–H groups in total. The van der Waals surface area contributed by atoms with Crippen LogP contribution in [0.1, 0.15) is 19.8 Å². The normalized spacial score (nSPS) is 12.1. The van der Waals surface area contributed by atoms with Crippen molar-refractivity contribution in [2.75, 3.05) is 13.6 Å². The van der Waals surface area contributed by atoms with E-state index in [-0.39, 0.29) is 11.7 Å². The average molecular weight is 153 g/mol. The van der Waals surface area contributed by atoms with Crippen molar-refractivity contribution >= 4 is 5.78 Å². The summed E-state index contributed by atoms with van der Waals surface area (Å²) < 4.78 is 0. The molecule has 0 aromatic heterocycles. The first-order valence-electron chi connectivity index (χ1n) is 3.83. The molecule has 2 nitrogen and oxygen atoms in total. The minimum Gasteiger partial charge on any atom is -0.319 e. The fraction of sp³-hybridized carbons (Fsp3) is 0.667. The Hall–Kier alpha value is -0.810. The van der Waals surface area contributed by atoms with Crippen molar-refractivity contribution in [3.63, 3.8) is 0 Å². The van der Waals surface area contributed by atoms with Gasteiger partial charge in [-0.2, -0.15) is 0 Å². The van der Waals surface area contributed by atoms with Crippen LogP contribution >= 0.6 is 0 Å². The van der Waals surface area contributed by atoms with E-state index in [1.54, 1.807) is 0 Å². The van der Waals surface area contributed by atoms with Crippen LogP contribution in [-0.2, 0) is 4.79 Å². The molecule has 11 heavy (non-hydrogen) atoms. The molecule has 0 aromatic carbocycles. The standard InChI is InChI=1S/C9H15NO/c1-4-5-6-9(11)8(2)7-10-3/h1,8,10H,5-7H2,2-3H3. The number of Topliss-reactive ketones (excluding diaryl/α,β-unsaturated/α-hetero) is 1. The lowest BCUT2D eigenvalue weighted by Gasteiger charge is -2.07. The summed E-state index contributed by atoms with van der Waals surface area (Å²) in [5, 5.41) is 2.95. The van der Waals surface area contributed by atoms with Gasteiger partial charge in [-0.05, 0) is 7.05 Å². The van der Waals surface area contributed by atoms with E-state index in [0.717, 1.165) is 6.54 Å². The molecule has 0 saturated carbocycles. The zero-order valence-corrected chi connectivity index (χ0v) is 7.18. The van der Waals surface area contributed by atoms with E-state index in [2.05, 4.69) is 11.2 Å². The van der Waals surface area contributed by atoms with Crippen molar-refractivity contribution in [2.24, 2.45) is 5.92 Å². The molecule has 2 heteroatoms. The lowest BCUT2D eigenvalue weighted by molar-refractivity contribution is -0.122. The van der Waals surface area contributed by atoms with E-state index in [0.29, 0.717) is 12.8 Å². The van der Waals surface area contributed by atoms with Gasteiger partial charge in [-0.1, -0.05) is 6.92 Å². The molecule has 62 valence electrons. The highest BCUT2D eigenvalue weighted by atomic mass is 16.1. The van der Waals surface area contributed by atoms with Gasteiger partial charge < -0.3 is 5.32 Å². The summed E-state index contributed by atoms with van der Waals surface area (Å²) in [5.74, 6) is 2.79. The minimum atomic E-state index is 0.0911. The van der Waals surface area contributed by atoms with E-state index in [9.17, 15) is 4.79 Å². The number of carbonyl (C=O) groups is 1. The van der Waals surface area contributed by atoms with Crippen LogP contribution < -0.4 is 5.32 Å². The van der Waals surface area contributed by atoms with Crippen molar-refractivity contribution in [3.05, 3.63) is 0 Å². The predicted molar refractivity (Wildman–Crippen MR) is 46.2 cm³/mol. The molecule has 0 aliphatic heterocycles. The van der Waals surface area contributed by atoms with Gasteiger partial charge in [0, 0.05) is 25.3 Å². The summed E-state index contributed by atoms with van der Waals surface area (Å²) in [7, 11) is 1.84. The summed E-state index contributed by atoms with van der Waals surface area (Å²) >= 11 is 0. The van der Waals surface area contributed by atoms with Crippen LogP contribution in [0.15, 0.2) is 0 Å². The second-order valence-electron chi connectivity index (χ2n) is 2.63. The van der Waals surface area contributed by atoms with Crippen LogP contribution in [-0.4, -0.2) is 19.4 Å². The molecule has 0 spiro atoms. The van der Waals surface area contributed by atoms with Crippen LogP contribution in [0, 0.1) is 18.3 Å². The van der Waals surface area contributed by atoms with Crippen LogP contribution in [0.4, 0.5) is 0 Å². The molecular formula is C9H15NO. The molecule has 0 aliphatic rings. The SMILES string of the molecule is C#CCCC(=O)C(C)CNC. The molecular weight excluding hydrogens is 138 g/mol. The topological polar surface area (TPSA) is 29.1 Å². The van der Waals surface area contributed by atoms with E-state index in [1.807, 2.05) is 14.0 Å². The van der Waals surface area contributed by atoms with Gasteiger partial charge in [0.2, 0.25) is 0 Å². The molecule has 0 rings (SSSR count). The zero-order chi connectivity index (χ0) is 8.69. The molecule has 0 heterocycles. The van der Waals surface area contributed by atoms with Gasteiger partial charge >= 0.3 is 0 Å². The first kappa shape index (κ1) is 10.2. The summed E-state index contributed by atoms with van der Waals surface area (Å²) in [6.07, 6.45) is 6.11. The number of ketones is 1. The third-order valence-corrected chi connectivity index (χ3v) is 1.58. The van der Waals surface area contributed by atoms with Crippen molar-refractivity contribution < 1.29 is 4.79 Å². The number of carbonyl (C=O) groups excluding carboxylic acids is 1. The van der Waals surface area contributed by atoms with Crippen molar-refractivity contribution in [1.29, 1.82) is 0 Å². The lowest BCUT2D eigenvalue weighted by Crippen LogP contribution is -2.23. The van der Waals surface area contributed by atoms with E-state index >= 15 is 0 Å². The Balaban J connectivity index is 3.57. The van der Waals surface area contributed by atoms with Crippen LogP contribution in [0.5, 0.6) is 0 Å². The summed E-state index contributed by atoms with van der Waals surface area (Å²) in [6, 6.07) is 0. The highest BCUT2D eigenvalue weighted by Gasteiger charge is 2.09. The Labute approximate surface area is 68.4 Å². The smallest absolute Gasteiger partial charge is 0.137 e. The Kier molecular flexibility index (Phi) is 5.50. The van der Waals surface area contributed by atoms with Crippen molar-refractivity contribution in [1.82, 2.24) is 5.32 Å². The van der Waals surface area contributed by atoms with E-state index < -0.39 is 0 Å². The molecule has 0 amide bonds. The quantitative estimate of drug-likeness (QED) is 0.593. The Bertz CT molecular complexity index is 157. The van der Waals surface area contributed by atoms with Gasteiger partial charge in [-0.25, -0.2) is 0 Å². The molecule has 0 saturated heterocycles. The number of hydrogen-bond donors (Lipinski definition) is 1. The van der Waals surface area contributed by atoms with Gasteiger partial charge in [0.15, 0.2) is 0 Å². The van der Waals surface area contributed by atoms with Crippen LogP contribution in [0.25, 0.3) is 0 Å². The lowest BCUT2D eigenvalue weighted by atomic mass is 10.0. The molecule has 0 radical (unpaired) electrons. The summed E-state index contributed by atoms with van der Waals surface area (Å²) in [6.45, 7) is 2.65. The summed E-state index contributed by atoms with van der Waals surface area (Å²) in [5.41, 5.74) is 0. The van der Waals surface area contributed by atoms with Gasteiger partial charge in [-0.3, -0.25) is 4.79 Å². The van der Waals surface area contributed by atoms with Gasteiger partial charge in [0.25, 0.3) is 0 Å². The van der Waals surface area contributed by atoms with Gasteiger partial charge in [0.05, 0.1) is 0 Å². The third-order valence-electron chi connectivity index (χ3n) is 1.58. The van der Waals surface area contributed by atoms with E-state index in [1.165, 1.54) is 0 Å². The average Bonchev–Trinajstić information content (AvgIpc) is 2.00. The minimum absolute atomic E-state index is 0.0911. The first-order valence-corrected chi connectivity index (χ1v) is 3.83. The maximum atomic E-state index is 11.2. The maximum absolute atomic E-state index is 11.2. The number of hydrogen-bond acceptors (Lipinski definition) is 2. The van der Waals surface area contributed by atoms with Crippen LogP contribution in [0.2, 0.25) is 0 Å². The van der Waals surface area contributed by atoms with Crippen LogP contribution in [0.3, 0.4) is 0 Å². The van der Waals surface area contributed by atoms with Crippen molar-refractivity contribution in [2.45, 2.75) is 19.8 Å². The molecule has 1 unspecified atom stereocenters. The first-order chi connectivity index (χ1) is 5.22. The van der Waals surface area contributed by atoms with E-state index in [4.69, 9.17) is 6.42 Å². The highest BCUT2D eigenvalue weighted by molar-refractivity contribution is 5.81. The molecule has 0 bridgehead atoms. The summed E-state index contributed by atoms with van der Waals surface area (Å²) in [4.78, 5) is 11.2. The number of terminal acetylenes is 1. The monoisotopic (exact) mass is 153 g/mol. The van der Waals surface area contributed by atoms with Gasteiger partial charge in [0.1, 0.15) is 5.78 Å². The maximum Gasteiger partial charge on any atom is 0.137 e. The fourth-order valence-electron chi connectivity index (χ4n) is 0.862.